The Kier molecular flexibility index (Phi) is 5.21. The van der Waals surface area contributed by atoms with Gasteiger partial charge in [-0.15, -0.1) is 11.6 Å². The summed E-state index contributed by atoms with van der Waals surface area (Å²) >= 11 is 5.58. The van der Waals surface area contributed by atoms with Crippen molar-refractivity contribution in [3.05, 3.63) is 24.3 Å². The summed E-state index contributed by atoms with van der Waals surface area (Å²) < 4.78 is 26.7. The number of piperazine rings is 1. The van der Waals surface area contributed by atoms with Crippen LogP contribution < -0.4 is 5.73 Å². The van der Waals surface area contributed by atoms with Gasteiger partial charge in [0.15, 0.2) is 0 Å². The molecule has 0 bridgehead atoms. The van der Waals surface area contributed by atoms with E-state index in [-0.39, 0.29) is 16.6 Å². The molecule has 0 unspecified atom stereocenters. The van der Waals surface area contributed by atoms with Gasteiger partial charge in [0.25, 0.3) is 0 Å². The van der Waals surface area contributed by atoms with Crippen molar-refractivity contribution < 1.29 is 8.42 Å². The summed E-state index contributed by atoms with van der Waals surface area (Å²) in [5, 5.41) is 0. The molecular weight excluding hydrogens is 312 g/mol. The smallest absolute Gasteiger partial charge is 0.243 e. The van der Waals surface area contributed by atoms with Crippen LogP contribution in [0.4, 0.5) is 5.69 Å². The molecule has 8 heteroatoms. The topological polar surface area (TPSA) is 79.0 Å². The van der Waals surface area contributed by atoms with E-state index in [1.807, 2.05) is 7.05 Å². The van der Waals surface area contributed by atoms with Gasteiger partial charge in [-0.1, -0.05) is 6.07 Å². The van der Waals surface area contributed by atoms with E-state index in [4.69, 9.17) is 17.3 Å². The molecule has 1 aliphatic rings. The lowest BCUT2D eigenvalue weighted by atomic mass is 10.3. The van der Waals surface area contributed by atoms with E-state index in [2.05, 4.69) is 9.89 Å². The summed E-state index contributed by atoms with van der Waals surface area (Å²) in [4.78, 5) is 6.42. The van der Waals surface area contributed by atoms with Crippen LogP contribution in [0.25, 0.3) is 0 Å². The molecule has 1 heterocycles. The molecule has 1 fully saturated rings. The summed E-state index contributed by atoms with van der Waals surface area (Å²) in [5.74, 6) is 0.362. The molecule has 0 spiro atoms. The number of sulfonamides is 1. The molecule has 0 radical (unpaired) electrons. The lowest BCUT2D eigenvalue weighted by Gasteiger charge is -2.31. The normalized spacial score (nSPS) is 18.9. The molecule has 1 aromatic carbocycles. The van der Waals surface area contributed by atoms with Crippen molar-refractivity contribution in [2.24, 2.45) is 10.7 Å². The third-order valence-corrected chi connectivity index (χ3v) is 5.50. The van der Waals surface area contributed by atoms with Crippen molar-refractivity contribution >= 4 is 33.1 Å². The average molecular weight is 331 g/mol. The number of hydrogen-bond acceptors (Lipinski definition) is 4. The van der Waals surface area contributed by atoms with E-state index in [1.165, 1.54) is 10.4 Å². The van der Waals surface area contributed by atoms with E-state index < -0.39 is 10.0 Å². The van der Waals surface area contributed by atoms with Gasteiger partial charge in [0.05, 0.1) is 16.5 Å². The Labute approximate surface area is 130 Å². The fraction of sp³-hybridized carbons (Fsp3) is 0.462. The second-order valence-corrected chi connectivity index (χ2v) is 7.15. The number of nitrogens with two attached hydrogens (primary N) is 1. The van der Waals surface area contributed by atoms with Crippen LogP contribution in [-0.4, -0.2) is 62.6 Å². The molecule has 1 aliphatic heterocycles. The highest BCUT2D eigenvalue weighted by molar-refractivity contribution is 7.89. The number of rotatable bonds is 4. The van der Waals surface area contributed by atoms with Crippen molar-refractivity contribution in [3.63, 3.8) is 0 Å². The number of halogens is 1. The Morgan fingerprint density at radius 1 is 1.33 bits per heavy atom. The minimum Gasteiger partial charge on any atom is -0.386 e. The summed E-state index contributed by atoms with van der Waals surface area (Å²) in [6.07, 6.45) is 0. The van der Waals surface area contributed by atoms with Crippen LogP contribution in [0.5, 0.6) is 0 Å². The van der Waals surface area contributed by atoms with Crippen molar-refractivity contribution in [2.45, 2.75) is 4.90 Å². The van der Waals surface area contributed by atoms with Gasteiger partial charge in [0.1, 0.15) is 5.84 Å². The Bertz CT molecular complexity index is 625. The number of alkyl halides is 1. The van der Waals surface area contributed by atoms with Gasteiger partial charge in [-0.3, -0.25) is 0 Å². The molecule has 1 aromatic rings. The highest BCUT2D eigenvalue weighted by Gasteiger charge is 2.27. The molecular formula is C13H19ClN4O2S. The maximum Gasteiger partial charge on any atom is 0.243 e. The van der Waals surface area contributed by atoms with E-state index in [1.54, 1.807) is 18.2 Å². The minimum atomic E-state index is -3.49. The Balaban J connectivity index is 2.26. The van der Waals surface area contributed by atoms with Crippen LogP contribution >= 0.6 is 11.6 Å². The zero-order valence-electron chi connectivity index (χ0n) is 11.9. The van der Waals surface area contributed by atoms with E-state index in [0.717, 1.165) is 13.1 Å². The minimum absolute atomic E-state index is 0.107. The lowest BCUT2D eigenvalue weighted by molar-refractivity contribution is 0.222. The largest absolute Gasteiger partial charge is 0.386 e. The molecule has 0 atom stereocenters. The van der Waals surface area contributed by atoms with Gasteiger partial charge in [-0.25, -0.2) is 13.4 Å². The second-order valence-electron chi connectivity index (χ2n) is 4.94. The van der Waals surface area contributed by atoms with Crippen molar-refractivity contribution in [2.75, 3.05) is 39.1 Å². The summed E-state index contributed by atoms with van der Waals surface area (Å²) in [5.41, 5.74) is 6.06. The SMILES string of the molecule is CN1CCN(S(=O)(=O)c2cccc(N=C(N)CCl)c2)CC1. The molecule has 1 saturated heterocycles. The molecule has 0 aliphatic carbocycles. The zero-order chi connectivity index (χ0) is 15.5. The highest BCUT2D eigenvalue weighted by Crippen LogP contribution is 2.22. The van der Waals surface area contributed by atoms with Gasteiger partial charge in [-0.05, 0) is 25.2 Å². The Hall–Kier alpha value is -1.15. The van der Waals surface area contributed by atoms with Gasteiger partial charge >= 0.3 is 0 Å². The molecule has 0 saturated carbocycles. The van der Waals surface area contributed by atoms with Gasteiger partial charge in [0.2, 0.25) is 10.0 Å². The van der Waals surface area contributed by atoms with E-state index in [9.17, 15) is 8.42 Å². The first-order chi connectivity index (χ1) is 9.93. The molecule has 2 N–H and O–H groups in total. The summed E-state index contributed by atoms with van der Waals surface area (Å²) in [7, 11) is -1.51. The number of benzene rings is 1. The quantitative estimate of drug-likeness (QED) is 0.504. The Morgan fingerprint density at radius 3 is 2.62 bits per heavy atom. The summed E-state index contributed by atoms with van der Waals surface area (Å²) in [6.45, 7) is 2.46. The Morgan fingerprint density at radius 2 is 2.00 bits per heavy atom. The summed E-state index contributed by atoms with van der Waals surface area (Å²) in [6, 6.07) is 6.45. The number of likely N-dealkylation sites (N-methyl/N-ethyl adjacent to an activating group) is 1. The predicted octanol–water partition coefficient (Wildman–Crippen LogP) is 0.850. The zero-order valence-corrected chi connectivity index (χ0v) is 13.4. The van der Waals surface area contributed by atoms with Crippen LogP contribution in [0, 0.1) is 0 Å². The number of nitrogens with zero attached hydrogens (tertiary/aromatic N) is 3. The fourth-order valence-corrected chi connectivity index (χ4v) is 3.61. The number of aliphatic imine (C=N–C) groups is 1. The molecule has 21 heavy (non-hydrogen) atoms. The molecule has 0 amide bonds. The standard InChI is InChI=1S/C13H19ClN4O2S/c1-17-5-7-18(8-6-17)21(19,20)12-4-2-3-11(9-12)16-13(15)10-14/h2-4,9H,5-8,10H2,1H3,(H2,15,16). The van der Waals surface area contributed by atoms with Gasteiger partial charge in [-0.2, -0.15) is 4.31 Å². The molecule has 116 valence electrons. The fourth-order valence-electron chi connectivity index (χ4n) is 2.09. The van der Waals surface area contributed by atoms with Crippen LogP contribution in [0.2, 0.25) is 0 Å². The van der Waals surface area contributed by atoms with Crippen LogP contribution in [0.3, 0.4) is 0 Å². The van der Waals surface area contributed by atoms with Gasteiger partial charge in [0, 0.05) is 26.2 Å². The molecule has 2 rings (SSSR count). The van der Waals surface area contributed by atoms with E-state index in [0.29, 0.717) is 18.8 Å². The maximum atomic E-state index is 12.6. The van der Waals surface area contributed by atoms with Crippen LogP contribution in [0.15, 0.2) is 34.2 Å². The van der Waals surface area contributed by atoms with E-state index >= 15 is 0 Å². The van der Waals surface area contributed by atoms with Crippen molar-refractivity contribution in [3.8, 4) is 0 Å². The first-order valence-corrected chi connectivity index (χ1v) is 8.58. The predicted molar refractivity (Wildman–Crippen MR) is 84.7 cm³/mol. The third kappa shape index (κ3) is 3.94. The third-order valence-electron chi connectivity index (χ3n) is 3.33. The van der Waals surface area contributed by atoms with Crippen LogP contribution in [0.1, 0.15) is 0 Å². The first kappa shape index (κ1) is 16.2. The average Bonchev–Trinajstić information content (AvgIpc) is 2.48. The maximum absolute atomic E-state index is 12.6. The van der Waals surface area contributed by atoms with Gasteiger partial charge < -0.3 is 10.6 Å². The number of amidine groups is 1. The number of hydrogen-bond donors (Lipinski definition) is 1. The van der Waals surface area contributed by atoms with Crippen LogP contribution in [-0.2, 0) is 10.0 Å². The van der Waals surface area contributed by atoms with Crippen molar-refractivity contribution in [1.29, 1.82) is 0 Å². The van der Waals surface area contributed by atoms with Crippen molar-refractivity contribution in [1.82, 2.24) is 9.21 Å². The first-order valence-electron chi connectivity index (χ1n) is 6.61. The highest BCUT2D eigenvalue weighted by atomic mass is 35.5. The molecule has 0 aromatic heterocycles. The molecule has 6 nitrogen and oxygen atoms in total. The second kappa shape index (κ2) is 6.74. The monoisotopic (exact) mass is 330 g/mol. The lowest BCUT2D eigenvalue weighted by Crippen LogP contribution is -2.46.